The number of carbonyl (C=O) groups is 2. The van der Waals surface area contributed by atoms with E-state index in [1.807, 2.05) is 24.3 Å². The molecule has 1 aromatic rings. The van der Waals surface area contributed by atoms with Crippen LogP contribution >= 0.6 is 0 Å². The van der Waals surface area contributed by atoms with Crippen LogP contribution in [0.5, 0.6) is 0 Å². The van der Waals surface area contributed by atoms with Crippen molar-refractivity contribution in [3.63, 3.8) is 0 Å². The van der Waals surface area contributed by atoms with Crippen LogP contribution in [0.3, 0.4) is 0 Å². The lowest BCUT2D eigenvalue weighted by atomic mass is 10.1. The highest BCUT2D eigenvalue weighted by molar-refractivity contribution is 5.79. The van der Waals surface area contributed by atoms with E-state index in [4.69, 9.17) is 10.6 Å². The number of hydrazone groups is 1. The third-order valence-electron chi connectivity index (χ3n) is 3.30. The van der Waals surface area contributed by atoms with E-state index in [-0.39, 0.29) is 25.0 Å². The summed E-state index contributed by atoms with van der Waals surface area (Å²) in [5.41, 5.74) is 2.21. The van der Waals surface area contributed by atoms with Crippen LogP contribution in [0.1, 0.15) is 37.3 Å². The number of amides is 2. The van der Waals surface area contributed by atoms with E-state index in [0.717, 1.165) is 24.8 Å². The zero-order valence-corrected chi connectivity index (χ0v) is 14.1. The van der Waals surface area contributed by atoms with Crippen LogP contribution in [0.25, 0.3) is 0 Å². The highest BCUT2D eigenvalue weighted by Gasteiger charge is 2.03. The van der Waals surface area contributed by atoms with Gasteiger partial charge in [-0.3, -0.25) is 4.79 Å². The molecule has 0 atom stereocenters. The first-order valence-electron chi connectivity index (χ1n) is 8.15. The fourth-order valence-electron chi connectivity index (χ4n) is 2.09. The molecule has 7 nitrogen and oxygen atoms in total. The molecule has 0 fully saturated rings. The van der Waals surface area contributed by atoms with E-state index in [1.165, 1.54) is 5.56 Å². The average Bonchev–Trinajstić information content (AvgIpc) is 2.56. The van der Waals surface area contributed by atoms with Crippen molar-refractivity contribution in [3.8, 4) is 0 Å². The van der Waals surface area contributed by atoms with E-state index in [0.29, 0.717) is 13.2 Å². The van der Waals surface area contributed by atoms with Crippen molar-refractivity contribution in [2.75, 3.05) is 19.7 Å². The van der Waals surface area contributed by atoms with Crippen molar-refractivity contribution in [1.29, 1.82) is 0 Å². The van der Waals surface area contributed by atoms with Gasteiger partial charge in [0.15, 0.2) is 0 Å². The molecule has 0 heterocycles. The molecule has 0 aliphatic rings. The van der Waals surface area contributed by atoms with Gasteiger partial charge in [-0.2, -0.15) is 5.10 Å². The number of nitrogens with zero attached hydrogens (tertiary/aromatic N) is 1. The molecule has 0 aliphatic carbocycles. The number of unbranched alkanes of at least 4 members (excludes halogenated alkanes) is 1. The molecular weight excluding hydrogens is 308 g/mol. The molecule has 0 spiro atoms. The fraction of sp³-hybridized carbons (Fsp3) is 0.471. The van der Waals surface area contributed by atoms with E-state index in [9.17, 15) is 9.59 Å². The molecule has 0 bridgehead atoms. The number of urea groups is 1. The quantitative estimate of drug-likeness (QED) is 0.198. The van der Waals surface area contributed by atoms with Crippen molar-refractivity contribution in [1.82, 2.24) is 10.6 Å². The van der Waals surface area contributed by atoms with Gasteiger partial charge in [0, 0.05) is 13.1 Å². The van der Waals surface area contributed by atoms with Crippen LogP contribution in [0.2, 0.25) is 0 Å². The Morgan fingerprint density at radius 1 is 1.17 bits per heavy atom. The maximum atomic E-state index is 11.5. The molecule has 0 saturated carbocycles. The minimum atomic E-state index is -0.304. The highest BCUT2D eigenvalue weighted by atomic mass is 16.5. The van der Waals surface area contributed by atoms with Crippen LogP contribution in [0, 0.1) is 0 Å². The number of hydrogen-bond donors (Lipinski definition) is 3. The Morgan fingerprint density at radius 3 is 2.54 bits per heavy atom. The lowest BCUT2D eigenvalue weighted by Gasteiger charge is -2.07. The standard InChI is InChI=1S/C17H26N4O3/c1-2-24-16(22)10-12-20-17(23)19-11-4-3-5-14-6-8-15(9-7-14)13-21-18/h6-9,13H,2-5,10-12,18H2,1H3,(H2,19,20,23). The highest BCUT2D eigenvalue weighted by Crippen LogP contribution is 2.06. The van der Waals surface area contributed by atoms with Crippen LogP contribution in [0.15, 0.2) is 29.4 Å². The number of rotatable bonds is 10. The topological polar surface area (TPSA) is 106 Å². The second kappa shape index (κ2) is 11.9. The summed E-state index contributed by atoms with van der Waals surface area (Å²) in [7, 11) is 0. The number of benzene rings is 1. The summed E-state index contributed by atoms with van der Waals surface area (Å²) in [6.45, 7) is 2.99. The summed E-state index contributed by atoms with van der Waals surface area (Å²) in [6.07, 6.45) is 4.61. The molecule has 0 aliphatic heterocycles. The predicted octanol–water partition coefficient (Wildman–Crippen LogP) is 1.55. The van der Waals surface area contributed by atoms with Crippen molar-refractivity contribution >= 4 is 18.2 Å². The molecule has 4 N–H and O–H groups in total. The summed E-state index contributed by atoms with van der Waals surface area (Å²) >= 11 is 0. The van der Waals surface area contributed by atoms with Gasteiger partial charge in [-0.05, 0) is 37.3 Å². The maximum Gasteiger partial charge on any atom is 0.314 e. The number of ether oxygens (including phenoxy) is 1. The molecular formula is C17H26N4O3. The Labute approximate surface area is 142 Å². The Balaban J connectivity index is 2.06. The van der Waals surface area contributed by atoms with E-state index >= 15 is 0 Å². The molecule has 7 heteroatoms. The second-order valence-electron chi connectivity index (χ2n) is 5.21. The van der Waals surface area contributed by atoms with Gasteiger partial charge >= 0.3 is 12.0 Å². The SMILES string of the molecule is CCOC(=O)CCNC(=O)NCCCCc1ccc(C=NN)cc1. The zero-order chi connectivity index (χ0) is 17.6. The van der Waals surface area contributed by atoms with Gasteiger partial charge < -0.3 is 21.2 Å². The predicted molar refractivity (Wildman–Crippen MR) is 93.8 cm³/mol. The Kier molecular flexibility index (Phi) is 9.68. The van der Waals surface area contributed by atoms with E-state index in [1.54, 1.807) is 13.1 Å². The Morgan fingerprint density at radius 2 is 1.88 bits per heavy atom. The number of carbonyl (C=O) groups excluding carboxylic acids is 2. The normalized spacial score (nSPS) is 10.5. The summed E-state index contributed by atoms with van der Waals surface area (Å²) in [4.78, 5) is 22.6. The first-order chi connectivity index (χ1) is 11.7. The number of nitrogens with two attached hydrogens (primary N) is 1. The van der Waals surface area contributed by atoms with Crippen LogP contribution < -0.4 is 16.5 Å². The largest absolute Gasteiger partial charge is 0.466 e. The van der Waals surface area contributed by atoms with Crippen molar-refractivity contribution in [3.05, 3.63) is 35.4 Å². The lowest BCUT2D eigenvalue weighted by Crippen LogP contribution is -2.37. The Bertz CT molecular complexity index is 529. The van der Waals surface area contributed by atoms with Gasteiger partial charge in [0.2, 0.25) is 0 Å². The fourth-order valence-corrected chi connectivity index (χ4v) is 2.09. The lowest BCUT2D eigenvalue weighted by molar-refractivity contribution is -0.142. The molecule has 2 amide bonds. The van der Waals surface area contributed by atoms with Gasteiger partial charge in [0.1, 0.15) is 0 Å². The van der Waals surface area contributed by atoms with Gasteiger partial charge in [-0.25, -0.2) is 4.79 Å². The summed E-state index contributed by atoms with van der Waals surface area (Å²) in [5, 5.41) is 8.87. The number of nitrogens with one attached hydrogen (secondary N) is 2. The van der Waals surface area contributed by atoms with Crippen LogP contribution in [-0.2, 0) is 16.0 Å². The summed E-state index contributed by atoms with van der Waals surface area (Å²) in [6, 6.07) is 7.78. The van der Waals surface area contributed by atoms with Crippen LogP contribution in [-0.4, -0.2) is 37.9 Å². The van der Waals surface area contributed by atoms with Crippen molar-refractivity contribution < 1.29 is 14.3 Å². The molecule has 1 aromatic carbocycles. The third-order valence-corrected chi connectivity index (χ3v) is 3.30. The molecule has 132 valence electrons. The van der Waals surface area contributed by atoms with Gasteiger partial charge in [0.25, 0.3) is 0 Å². The number of hydrogen-bond acceptors (Lipinski definition) is 5. The minimum absolute atomic E-state index is 0.187. The molecule has 24 heavy (non-hydrogen) atoms. The van der Waals surface area contributed by atoms with Gasteiger partial charge in [-0.15, -0.1) is 0 Å². The van der Waals surface area contributed by atoms with Gasteiger partial charge in [0.05, 0.1) is 19.2 Å². The zero-order valence-electron chi connectivity index (χ0n) is 14.1. The molecule has 0 unspecified atom stereocenters. The molecule has 0 aromatic heterocycles. The summed E-state index contributed by atoms with van der Waals surface area (Å²) in [5.74, 6) is 4.80. The maximum absolute atomic E-state index is 11.5. The smallest absolute Gasteiger partial charge is 0.314 e. The monoisotopic (exact) mass is 334 g/mol. The Hall–Kier alpha value is -2.57. The minimum Gasteiger partial charge on any atom is -0.466 e. The molecule has 0 radical (unpaired) electrons. The first-order valence-corrected chi connectivity index (χ1v) is 8.15. The number of aryl methyl sites for hydroxylation is 1. The third kappa shape index (κ3) is 8.77. The second-order valence-corrected chi connectivity index (χ2v) is 5.21. The van der Waals surface area contributed by atoms with E-state index in [2.05, 4.69) is 15.7 Å². The van der Waals surface area contributed by atoms with Gasteiger partial charge in [-0.1, -0.05) is 24.3 Å². The molecule has 0 saturated heterocycles. The average molecular weight is 334 g/mol. The first kappa shape index (κ1) is 19.5. The number of esters is 1. The van der Waals surface area contributed by atoms with E-state index < -0.39 is 0 Å². The molecule has 1 rings (SSSR count). The van der Waals surface area contributed by atoms with Crippen molar-refractivity contribution in [2.24, 2.45) is 10.9 Å². The van der Waals surface area contributed by atoms with Crippen LogP contribution in [0.4, 0.5) is 4.79 Å². The summed E-state index contributed by atoms with van der Waals surface area (Å²) < 4.78 is 4.78. The van der Waals surface area contributed by atoms with Crippen molar-refractivity contribution in [2.45, 2.75) is 32.6 Å².